The summed E-state index contributed by atoms with van der Waals surface area (Å²) in [4.78, 5) is 4.36. The number of hydrogen-bond donors (Lipinski definition) is 0. The molecule has 3 nitrogen and oxygen atoms in total. The van der Waals surface area contributed by atoms with Gasteiger partial charge in [0.2, 0.25) is 5.89 Å². The number of hydrogen-bond acceptors (Lipinski definition) is 2. The summed E-state index contributed by atoms with van der Waals surface area (Å²) in [5.41, 5.74) is 2.03. The second-order valence-electron chi connectivity index (χ2n) is 4.32. The highest BCUT2D eigenvalue weighted by molar-refractivity contribution is 5.59. The Morgan fingerprint density at radius 3 is 2.63 bits per heavy atom. The Morgan fingerprint density at radius 1 is 1.05 bits per heavy atom. The molecule has 1 aromatic carbocycles. The molecule has 0 unspecified atom stereocenters. The number of nitrogens with zero attached hydrogens (tertiary/aromatic N) is 2. The number of oxazole rings is 1. The van der Waals surface area contributed by atoms with Gasteiger partial charge in [0.25, 0.3) is 0 Å². The van der Waals surface area contributed by atoms with Crippen molar-refractivity contribution in [3.8, 4) is 22.8 Å². The van der Waals surface area contributed by atoms with E-state index in [1.807, 2.05) is 54.9 Å². The highest BCUT2D eigenvalue weighted by Gasteiger charge is 2.11. The van der Waals surface area contributed by atoms with Crippen molar-refractivity contribution < 1.29 is 8.98 Å². The second kappa shape index (κ2) is 5.06. The number of pyridine rings is 1. The van der Waals surface area contributed by atoms with Crippen molar-refractivity contribution in [1.82, 2.24) is 4.98 Å². The van der Waals surface area contributed by atoms with Crippen LogP contribution in [-0.2, 0) is 6.54 Å². The van der Waals surface area contributed by atoms with Crippen molar-refractivity contribution in [1.29, 1.82) is 0 Å². The van der Waals surface area contributed by atoms with Gasteiger partial charge in [-0.1, -0.05) is 30.3 Å². The van der Waals surface area contributed by atoms with Crippen LogP contribution in [0.2, 0.25) is 0 Å². The summed E-state index contributed by atoms with van der Waals surface area (Å²) in [6.07, 6.45) is 5.85. The fourth-order valence-electron chi connectivity index (χ4n) is 1.99. The number of aryl methyl sites for hydroxylation is 1. The molecule has 0 N–H and O–H groups in total. The SMILES string of the molecule is CC[n+]1cccc(-c2ncc(-c3ccccc3)o2)c1. The van der Waals surface area contributed by atoms with E-state index in [0.717, 1.165) is 23.4 Å². The normalized spacial score (nSPS) is 10.6. The molecule has 0 aliphatic heterocycles. The minimum Gasteiger partial charge on any atom is -0.436 e. The van der Waals surface area contributed by atoms with Gasteiger partial charge in [-0.2, -0.15) is 0 Å². The van der Waals surface area contributed by atoms with Gasteiger partial charge in [-0.25, -0.2) is 9.55 Å². The molecule has 94 valence electrons. The zero-order valence-corrected chi connectivity index (χ0v) is 10.8. The van der Waals surface area contributed by atoms with Gasteiger partial charge in [0.05, 0.1) is 6.20 Å². The highest BCUT2D eigenvalue weighted by atomic mass is 16.4. The maximum absolute atomic E-state index is 5.83. The molecule has 0 fully saturated rings. The standard InChI is InChI=1S/C16H15N2O/c1-2-18-10-6-9-14(12-18)16-17-11-15(19-16)13-7-4-3-5-8-13/h3-12H,2H2,1H3/q+1. The third-order valence-electron chi connectivity index (χ3n) is 3.03. The summed E-state index contributed by atoms with van der Waals surface area (Å²) in [5, 5.41) is 0. The van der Waals surface area contributed by atoms with Crippen LogP contribution >= 0.6 is 0 Å². The molecule has 0 bridgehead atoms. The lowest BCUT2D eigenvalue weighted by Crippen LogP contribution is -2.30. The highest BCUT2D eigenvalue weighted by Crippen LogP contribution is 2.24. The average molecular weight is 251 g/mol. The Balaban J connectivity index is 1.97. The molecule has 3 aromatic rings. The molecule has 0 spiro atoms. The van der Waals surface area contributed by atoms with E-state index < -0.39 is 0 Å². The van der Waals surface area contributed by atoms with E-state index in [4.69, 9.17) is 4.42 Å². The van der Waals surface area contributed by atoms with E-state index in [1.54, 1.807) is 6.20 Å². The number of rotatable bonds is 3. The molecule has 19 heavy (non-hydrogen) atoms. The molecule has 3 rings (SSSR count). The van der Waals surface area contributed by atoms with E-state index in [1.165, 1.54) is 0 Å². The van der Waals surface area contributed by atoms with Crippen molar-refractivity contribution in [2.45, 2.75) is 13.5 Å². The maximum Gasteiger partial charge on any atom is 0.232 e. The van der Waals surface area contributed by atoms with Crippen molar-refractivity contribution >= 4 is 0 Å². The Morgan fingerprint density at radius 2 is 1.84 bits per heavy atom. The maximum atomic E-state index is 5.83. The predicted octanol–water partition coefficient (Wildman–Crippen LogP) is 3.32. The third-order valence-corrected chi connectivity index (χ3v) is 3.03. The number of aromatic nitrogens is 2. The largest absolute Gasteiger partial charge is 0.436 e. The van der Waals surface area contributed by atoms with E-state index in [2.05, 4.69) is 16.5 Å². The quantitative estimate of drug-likeness (QED) is 0.668. The minimum atomic E-state index is 0.654. The van der Waals surface area contributed by atoms with Gasteiger partial charge in [0.15, 0.2) is 18.2 Å². The molecular formula is C16H15N2O+. The Labute approximate surface area is 112 Å². The lowest BCUT2D eigenvalue weighted by atomic mass is 10.2. The van der Waals surface area contributed by atoms with Crippen molar-refractivity contribution in [3.05, 3.63) is 61.1 Å². The summed E-state index contributed by atoms with van der Waals surface area (Å²) in [6, 6.07) is 14.0. The van der Waals surface area contributed by atoms with Crippen LogP contribution in [-0.4, -0.2) is 4.98 Å². The number of benzene rings is 1. The molecule has 0 aliphatic carbocycles. The Kier molecular flexibility index (Phi) is 3.11. The smallest absolute Gasteiger partial charge is 0.232 e. The van der Waals surface area contributed by atoms with E-state index in [-0.39, 0.29) is 0 Å². The van der Waals surface area contributed by atoms with Crippen LogP contribution in [0, 0.1) is 0 Å². The van der Waals surface area contributed by atoms with Crippen molar-refractivity contribution in [2.75, 3.05) is 0 Å². The van der Waals surface area contributed by atoms with Crippen LogP contribution in [0.3, 0.4) is 0 Å². The van der Waals surface area contributed by atoms with Crippen LogP contribution in [0.4, 0.5) is 0 Å². The Bertz CT molecular complexity index is 674. The lowest BCUT2D eigenvalue weighted by molar-refractivity contribution is -0.693. The predicted molar refractivity (Wildman–Crippen MR) is 73.2 cm³/mol. The van der Waals surface area contributed by atoms with Gasteiger partial charge in [0, 0.05) is 11.6 Å². The molecule has 0 amide bonds. The van der Waals surface area contributed by atoms with Gasteiger partial charge >= 0.3 is 0 Å². The van der Waals surface area contributed by atoms with Gasteiger partial charge in [0.1, 0.15) is 12.1 Å². The van der Waals surface area contributed by atoms with Crippen molar-refractivity contribution in [3.63, 3.8) is 0 Å². The first-order chi connectivity index (χ1) is 9.36. The topological polar surface area (TPSA) is 29.9 Å². The summed E-state index contributed by atoms with van der Waals surface area (Å²) in [7, 11) is 0. The van der Waals surface area contributed by atoms with Gasteiger partial charge < -0.3 is 4.42 Å². The fraction of sp³-hybridized carbons (Fsp3) is 0.125. The van der Waals surface area contributed by atoms with E-state index in [0.29, 0.717) is 5.89 Å². The van der Waals surface area contributed by atoms with E-state index >= 15 is 0 Å². The zero-order chi connectivity index (χ0) is 13.1. The average Bonchev–Trinajstić information content (AvgIpc) is 2.98. The summed E-state index contributed by atoms with van der Waals surface area (Å²) >= 11 is 0. The first kappa shape index (κ1) is 11.7. The molecule has 3 heteroatoms. The zero-order valence-electron chi connectivity index (χ0n) is 10.8. The van der Waals surface area contributed by atoms with Crippen LogP contribution in [0.5, 0.6) is 0 Å². The van der Waals surface area contributed by atoms with Gasteiger partial charge in [-0.05, 0) is 13.0 Å². The second-order valence-corrected chi connectivity index (χ2v) is 4.32. The molecule has 0 aliphatic rings. The molecule has 2 aromatic heterocycles. The molecule has 0 atom stereocenters. The molecular weight excluding hydrogens is 236 g/mol. The molecule has 2 heterocycles. The van der Waals surface area contributed by atoms with E-state index in [9.17, 15) is 0 Å². The monoisotopic (exact) mass is 251 g/mol. The fourth-order valence-corrected chi connectivity index (χ4v) is 1.99. The van der Waals surface area contributed by atoms with Crippen LogP contribution in [0.25, 0.3) is 22.8 Å². The van der Waals surface area contributed by atoms with Crippen LogP contribution in [0.1, 0.15) is 6.92 Å². The lowest BCUT2D eigenvalue weighted by Gasteiger charge is -1.96. The summed E-state index contributed by atoms with van der Waals surface area (Å²) < 4.78 is 7.93. The first-order valence-electron chi connectivity index (χ1n) is 6.37. The van der Waals surface area contributed by atoms with Crippen molar-refractivity contribution in [2.24, 2.45) is 0 Å². The van der Waals surface area contributed by atoms with Gasteiger partial charge in [-0.3, -0.25) is 0 Å². The van der Waals surface area contributed by atoms with Crippen LogP contribution in [0.15, 0.2) is 65.5 Å². The Hall–Kier alpha value is -2.42. The summed E-state index contributed by atoms with van der Waals surface area (Å²) in [5.74, 6) is 1.45. The molecule has 0 radical (unpaired) electrons. The molecule has 0 saturated carbocycles. The summed E-state index contributed by atoms with van der Waals surface area (Å²) in [6.45, 7) is 3.04. The molecule has 0 saturated heterocycles. The van der Waals surface area contributed by atoms with Gasteiger partial charge in [-0.15, -0.1) is 0 Å². The van der Waals surface area contributed by atoms with Crippen LogP contribution < -0.4 is 4.57 Å². The minimum absolute atomic E-state index is 0.654. The first-order valence-corrected chi connectivity index (χ1v) is 6.37. The third kappa shape index (κ3) is 2.40.